The number of amides is 3. The number of urea groups is 1. The van der Waals surface area contributed by atoms with Gasteiger partial charge >= 0.3 is 6.03 Å². The first-order valence-corrected chi connectivity index (χ1v) is 12.2. The van der Waals surface area contributed by atoms with Crippen LogP contribution in [0.2, 0.25) is 0 Å². The van der Waals surface area contributed by atoms with Crippen molar-refractivity contribution in [2.24, 2.45) is 0 Å². The average Bonchev–Trinajstić information content (AvgIpc) is 2.88. The Morgan fingerprint density at radius 3 is 2.59 bits per heavy atom. The summed E-state index contributed by atoms with van der Waals surface area (Å²) < 4.78 is 40.6. The van der Waals surface area contributed by atoms with Crippen LogP contribution in [0.5, 0.6) is 0 Å². The maximum absolute atomic E-state index is 13.8. The molecule has 37 heavy (non-hydrogen) atoms. The zero-order valence-electron chi connectivity index (χ0n) is 20.4. The van der Waals surface area contributed by atoms with Crippen LogP contribution in [0, 0.1) is 28.8 Å². The Balaban J connectivity index is 1.29. The minimum atomic E-state index is -1.06. The van der Waals surface area contributed by atoms with Crippen molar-refractivity contribution in [3.8, 4) is 6.07 Å². The first kappa shape index (κ1) is 26.2. The summed E-state index contributed by atoms with van der Waals surface area (Å²) in [7, 11) is 0. The van der Waals surface area contributed by atoms with E-state index in [1.807, 2.05) is 0 Å². The number of rotatable bonds is 7. The fourth-order valence-electron chi connectivity index (χ4n) is 4.99. The third kappa shape index (κ3) is 6.12. The summed E-state index contributed by atoms with van der Waals surface area (Å²) >= 11 is 0. The van der Waals surface area contributed by atoms with E-state index in [0.29, 0.717) is 24.2 Å². The van der Waals surface area contributed by atoms with Crippen LogP contribution in [0.4, 0.5) is 18.0 Å². The molecule has 10 heteroatoms. The predicted molar refractivity (Wildman–Crippen MR) is 131 cm³/mol. The van der Waals surface area contributed by atoms with E-state index in [1.165, 1.54) is 18.2 Å². The highest BCUT2D eigenvalue weighted by atomic mass is 19.2. The van der Waals surface area contributed by atoms with Gasteiger partial charge < -0.3 is 20.9 Å². The molecule has 7 nitrogen and oxygen atoms in total. The Hall–Kier alpha value is -3.84. The maximum Gasteiger partial charge on any atom is 0.319 e. The van der Waals surface area contributed by atoms with Gasteiger partial charge in [0.15, 0.2) is 11.6 Å². The first-order valence-electron chi connectivity index (χ1n) is 12.2. The number of benzene rings is 2. The lowest BCUT2D eigenvalue weighted by Gasteiger charge is -2.32. The molecular weight excluding hydrogens is 483 g/mol. The van der Waals surface area contributed by atoms with Gasteiger partial charge in [0.05, 0.1) is 23.2 Å². The summed E-state index contributed by atoms with van der Waals surface area (Å²) in [5.74, 6) is -2.67. The largest absolute Gasteiger partial charge is 0.352 e. The molecule has 0 aromatic heterocycles. The zero-order chi connectivity index (χ0) is 26.5. The van der Waals surface area contributed by atoms with E-state index in [4.69, 9.17) is 0 Å². The topological polar surface area (TPSA) is 97.3 Å². The number of carbonyl (C=O) groups is 2. The minimum Gasteiger partial charge on any atom is -0.352 e. The summed E-state index contributed by atoms with van der Waals surface area (Å²) in [6, 6.07) is 8.30. The third-order valence-electron chi connectivity index (χ3n) is 6.89. The molecule has 2 aromatic carbocycles. The fourth-order valence-corrected chi connectivity index (χ4v) is 4.99. The van der Waals surface area contributed by atoms with Gasteiger partial charge in [-0.2, -0.15) is 5.26 Å². The summed E-state index contributed by atoms with van der Waals surface area (Å²) in [6.45, 7) is 4.41. The average molecular weight is 512 g/mol. The summed E-state index contributed by atoms with van der Waals surface area (Å²) in [6.07, 6.45) is 2.42. The number of nitrogens with one attached hydrogen (secondary N) is 3. The molecule has 0 aliphatic carbocycles. The zero-order valence-corrected chi connectivity index (χ0v) is 20.4. The standard InChI is InChI=1S/C27H28F3N5O2/c1-16-24(25(34-27(37)33-16)18-3-6-22(29)23(30)14-18)26(36)32-9-2-10-35-11-7-17(8-12-35)21-5-4-20(28)13-19(21)15-31/h3-6,13-14,17,25H,2,7-12H2,1H3,(H,32,36)(H2,33,34,37)/t25-/m1/s1. The van der Waals surface area contributed by atoms with Gasteiger partial charge in [0.2, 0.25) is 0 Å². The number of piperidine rings is 1. The van der Waals surface area contributed by atoms with Crippen LogP contribution in [0.3, 0.4) is 0 Å². The highest BCUT2D eigenvalue weighted by molar-refractivity contribution is 5.98. The smallest absolute Gasteiger partial charge is 0.319 e. The number of halogens is 3. The second-order valence-electron chi connectivity index (χ2n) is 9.31. The lowest BCUT2D eigenvalue weighted by atomic mass is 9.86. The second kappa shape index (κ2) is 11.5. The van der Waals surface area contributed by atoms with Crippen LogP contribution in [0.15, 0.2) is 47.7 Å². The van der Waals surface area contributed by atoms with Crippen LogP contribution in [0.25, 0.3) is 0 Å². The molecule has 3 N–H and O–H groups in total. The van der Waals surface area contributed by atoms with Crippen molar-refractivity contribution >= 4 is 11.9 Å². The molecule has 0 bridgehead atoms. The van der Waals surface area contributed by atoms with Gasteiger partial charge in [-0.1, -0.05) is 12.1 Å². The number of carbonyl (C=O) groups excluding carboxylic acids is 2. The minimum absolute atomic E-state index is 0.211. The molecule has 2 aliphatic heterocycles. The molecular formula is C27H28F3N5O2. The van der Waals surface area contributed by atoms with Gasteiger partial charge in [-0.15, -0.1) is 0 Å². The van der Waals surface area contributed by atoms with Gasteiger partial charge in [-0.05, 0) is 87.1 Å². The van der Waals surface area contributed by atoms with Crippen molar-refractivity contribution in [2.45, 2.75) is 38.1 Å². The summed E-state index contributed by atoms with van der Waals surface area (Å²) in [5, 5.41) is 17.3. The molecule has 2 aliphatic rings. The number of likely N-dealkylation sites (tertiary alicyclic amines) is 1. The molecule has 2 aromatic rings. The number of nitrogens with zero attached hydrogens (tertiary/aromatic N) is 2. The molecule has 2 heterocycles. The molecule has 0 radical (unpaired) electrons. The Kier molecular flexibility index (Phi) is 8.14. The Morgan fingerprint density at radius 1 is 1.14 bits per heavy atom. The van der Waals surface area contributed by atoms with Crippen LogP contribution in [-0.2, 0) is 4.79 Å². The van der Waals surface area contributed by atoms with Crippen LogP contribution >= 0.6 is 0 Å². The molecule has 4 rings (SSSR count). The van der Waals surface area contributed by atoms with E-state index >= 15 is 0 Å². The first-order chi connectivity index (χ1) is 17.8. The quantitative estimate of drug-likeness (QED) is 0.490. The van der Waals surface area contributed by atoms with E-state index in [-0.39, 0.29) is 17.1 Å². The molecule has 1 atom stereocenters. The number of hydrogen-bond donors (Lipinski definition) is 3. The van der Waals surface area contributed by atoms with Crippen molar-refractivity contribution in [3.63, 3.8) is 0 Å². The van der Waals surface area contributed by atoms with E-state index < -0.39 is 35.4 Å². The van der Waals surface area contributed by atoms with Gasteiger partial charge in [-0.25, -0.2) is 18.0 Å². The molecule has 1 fully saturated rings. The third-order valence-corrected chi connectivity index (χ3v) is 6.89. The molecule has 0 unspecified atom stereocenters. The Bertz CT molecular complexity index is 1270. The SMILES string of the molecule is CC1=C(C(=O)NCCCN2CCC(c3ccc(F)cc3C#N)CC2)[C@@H](c2ccc(F)c(F)c2)NC(=O)N1. The lowest BCUT2D eigenvalue weighted by Crippen LogP contribution is -2.47. The monoisotopic (exact) mass is 511 g/mol. The number of nitriles is 1. The van der Waals surface area contributed by atoms with Crippen molar-refractivity contribution < 1.29 is 22.8 Å². The normalized spacial score (nSPS) is 18.7. The van der Waals surface area contributed by atoms with Crippen molar-refractivity contribution in [2.75, 3.05) is 26.2 Å². The summed E-state index contributed by atoms with van der Waals surface area (Å²) in [5.41, 5.74) is 2.13. The lowest BCUT2D eigenvalue weighted by molar-refractivity contribution is -0.118. The Labute approximate surface area is 213 Å². The molecule has 0 saturated carbocycles. The van der Waals surface area contributed by atoms with Gasteiger partial charge in [0.25, 0.3) is 5.91 Å². The number of allylic oxidation sites excluding steroid dienone is 1. The fraction of sp³-hybridized carbons (Fsp3) is 0.370. The van der Waals surface area contributed by atoms with E-state index in [2.05, 4.69) is 26.9 Å². The van der Waals surface area contributed by atoms with Crippen molar-refractivity contribution in [3.05, 3.63) is 81.8 Å². The predicted octanol–water partition coefficient (Wildman–Crippen LogP) is 3.99. The maximum atomic E-state index is 13.8. The summed E-state index contributed by atoms with van der Waals surface area (Å²) in [4.78, 5) is 27.3. The van der Waals surface area contributed by atoms with Crippen molar-refractivity contribution in [1.29, 1.82) is 5.26 Å². The number of hydrogen-bond acceptors (Lipinski definition) is 4. The Morgan fingerprint density at radius 2 is 1.89 bits per heavy atom. The molecule has 194 valence electrons. The molecule has 3 amide bonds. The molecule has 0 spiro atoms. The van der Waals surface area contributed by atoms with Gasteiger partial charge in [0.1, 0.15) is 5.82 Å². The second-order valence-corrected chi connectivity index (χ2v) is 9.31. The van der Waals surface area contributed by atoms with Crippen molar-refractivity contribution in [1.82, 2.24) is 20.9 Å². The van der Waals surface area contributed by atoms with E-state index in [9.17, 15) is 28.0 Å². The highest BCUT2D eigenvalue weighted by Crippen LogP contribution is 2.31. The van der Waals surface area contributed by atoms with Gasteiger partial charge in [-0.3, -0.25) is 4.79 Å². The van der Waals surface area contributed by atoms with Crippen LogP contribution in [0.1, 0.15) is 54.8 Å². The van der Waals surface area contributed by atoms with Gasteiger partial charge in [0, 0.05) is 12.2 Å². The van der Waals surface area contributed by atoms with Crippen LogP contribution < -0.4 is 16.0 Å². The van der Waals surface area contributed by atoms with E-state index in [1.54, 1.807) is 13.0 Å². The van der Waals surface area contributed by atoms with Crippen LogP contribution in [-0.4, -0.2) is 43.0 Å². The van der Waals surface area contributed by atoms with E-state index in [0.717, 1.165) is 50.2 Å². The highest BCUT2D eigenvalue weighted by Gasteiger charge is 2.31. The molecule has 1 saturated heterocycles.